The number of benzene rings is 1. The van der Waals surface area contributed by atoms with Gasteiger partial charge in [0.15, 0.2) is 11.5 Å². The Hall–Kier alpha value is -1.82. The third-order valence-electron chi connectivity index (χ3n) is 2.68. The maximum Gasteiger partial charge on any atom is 0.262 e. The minimum Gasteiger partial charge on any atom is -0.505 e. The van der Waals surface area contributed by atoms with Crippen LogP contribution in [0.25, 0.3) is 5.76 Å². The molecule has 96 valence electrons. The molecule has 0 aliphatic carbocycles. The average Bonchev–Trinajstić information content (AvgIpc) is 2.33. The molecular weight excluding hydrogens is 254 g/mol. The molecule has 0 saturated heterocycles. The molecule has 0 aromatic heterocycles. The monoisotopic (exact) mass is 267 g/mol. The number of fused-ring (bicyclic) bond motifs is 1. The van der Waals surface area contributed by atoms with Gasteiger partial charge in [-0.05, 0) is 12.1 Å². The lowest BCUT2D eigenvalue weighted by atomic mass is 10.0. The van der Waals surface area contributed by atoms with E-state index in [1.54, 1.807) is 26.0 Å². The second-order valence-electron chi connectivity index (χ2n) is 4.34. The van der Waals surface area contributed by atoms with Crippen molar-refractivity contribution in [2.75, 3.05) is 0 Å². The number of allylic oxidation sites excluding steroid dienone is 1. The predicted molar refractivity (Wildman–Crippen MR) is 66.2 cm³/mol. The highest BCUT2D eigenvalue weighted by atomic mass is 32.2. The van der Waals surface area contributed by atoms with E-state index in [0.717, 1.165) is 0 Å². The number of sulfonamides is 1. The van der Waals surface area contributed by atoms with Crippen molar-refractivity contribution in [3.05, 3.63) is 35.5 Å². The summed E-state index contributed by atoms with van der Waals surface area (Å²) in [4.78, 5) is 11.8. The lowest BCUT2D eigenvalue weighted by Crippen LogP contribution is -2.34. The zero-order valence-electron chi connectivity index (χ0n) is 9.97. The Morgan fingerprint density at radius 1 is 1.28 bits per heavy atom. The van der Waals surface area contributed by atoms with Gasteiger partial charge in [-0.25, -0.2) is 8.42 Å². The van der Waals surface area contributed by atoms with Crippen molar-refractivity contribution in [1.82, 2.24) is 4.72 Å². The van der Waals surface area contributed by atoms with E-state index in [0.29, 0.717) is 0 Å². The Balaban J connectivity index is 2.69. The fourth-order valence-corrected chi connectivity index (χ4v) is 3.01. The molecule has 0 radical (unpaired) electrons. The maximum absolute atomic E-state index is 11.9. The smallest absolute Gasteiger partial charge is 0.262 e. The molecule has 0 unspecified atom stereocenters. The predicted octanol–water partition coefficient (Wildman–Crippen LogP) is 1.43. The van der Waals surface area contributed by atoms with E-state index in [2.05, 4.69) is 4.72 Å². The van der Waals surface area contributed by atoms with Crippen molar-refractivity contribution in [1.29, 1.82) is 0 Å². The van der Waals surface area contributed by atoms with Crippen LogP contribution in [0.4, 0.5) is 0 Å². The van der Waals surface area contributed by atoms with Crippen molar-refractivity contribution in [2.24, 2.45) is 5.92 Å². The lowest BCUT2D eigenvalue weighted by Gasteiger charge is -2.21. The molecule has 0 spiro atoms. The van der Waals surface area contributed by atoms with Gasteiger partial charge in [-0.2, -0.15) is 0 Å². The molecule has 0 amide bonds. The van der Waals surface area contributed by atoms with Crippen LogP contribution in [-0.2, 0) is 14.8 Å². The van der Waals surface area contributed by atoms with Gasteiger partial charge < -0.3 is 5.11 Å². The summed E-state index contributed by atoms with van der Waals surface area (Å²) >= 11 is 0. The van der Waals surface area contributed by atoms with Gasteiger partial charge in [0.05, 0.1) is 4.90 Å². The molecule has 0 saturated carbocycles. The van der Waals surface area contributed by atoms with Crippen molar-refractivity contribution in [2.45, 2.75) is 18.7 Å². The van der Waals surface area contributed by atoms with Crippen LogP contribution < -0.4 is 4.72 Å². The first-order chi connectivity index (χ1) is 8.34. The summed E-state index contributed by atoms with van der Waals surface area (Å²) < 4.78 is 26.0. The average molecular weight is 267 g/mol. The molecule has 0 atom stereocenters. The molecule has 1 aliphatic heterocycles. The summed E-state index contributed by atoms with van der Waals surface area (Å²) in [5.41, 5.74) is -0.107. The molecule has 1 aliphatic rings. The van der Waals surface area contributed by atoms with Crippen molar-refractivity contribution >= 4 is 21.6 Å². The van der Waals surface area contributed by atoms with Gasteiger partial charge in [-0.1, -0.05) is 26.0 Å². The van der Waals surface area contributed by atoms with Gasteiger partial charge in [0.1, 0.15) is 5.70 Å². The second kappa shape index (κ2) is 4.13. The third kappa shape index (κ3) is 1.88. The number of aliphatic hydroxyl groups excluding tert-OH is 1. The first-order valence-electron chi connectivity index (χ1n) is 5.44. The number of ketones is 1. The summed E-state index contributed by atoms with van der Waals surface area (Å²) in [5, 5.41) is 10.0. The van der Waals surface area contributed by atoms with E-state index in [4.69, 9.17) is 0 Å². The van der Waals surface area contributed by atoms with Crippen molar-refractivity contribution < 1.29 is 18.3 Å². The maximum atomic E-state index is 11.9. The van der Waals surface area contributed by atoms with E-state index >= 15 is 0 Å². The standard InChI is InChI=1S/C12H13NO4S/c1-7(2)11(14)10-12(15)8-5-3-4-6-9(8)18(16,17)13-10/h3-7,13,15H,1-2H3. The molecule has 2 rings (SSSR count). The number of carbonyl (C=O) groups excluding carboxylic acids is 1. The highest BCUT2D eigenvalue weighted by molar-refractivity contribution is 7.89. The van der Waals surface area contributed by atoms with Gasteiger partial charge in [-0.15, -0.1) is 0 Å². The van der Waals surface area contributed by atoms with Gasteiger partial charge >= 0.3 is 0 Å². The Labute approximate surface area is 105 Å². The lowest BCUT2D eigenvalue weighted by molar-refractivity contribution is -0.118. The zero-order chi connectivity index (χ0) is 13.5. The Bertz CT molecular complexity index is 644. The molecule has 5 nitrogen and oxygen atoms in total. The van der Waals surface area contributed by atoms with E-state index in [9.17, 15) is 18.3 Å². The van der Waals surface area contributed by atoms with Gasteiger partial charge in [-0.3, -0.25) is 9.52 Å². The quantitative estimate of drug-likeness (QED) is 0.849. The van der Waals surface area contributed by atoms with E-state index < -0.39 is 21.7 Å². The largest absolute Gasteiger partial charge is 0.505 e. The minimum absolute atomic E-state index is 0.0252. The molecule has 0 bridgehead atoms. The molecule has 1 heterocycles. The summed E-state index contributed by atoms with van der Waals surface area (Å²) in [6, 6.07) is 6.01. The highest BCUT2D eigenvalue weighted by Crippen LogP contribution is 2.29. The van der Waals surface area contributed by atoms with E-state index in [-0.39, 0.29) is 21.9 Å². The number of carbonyl (C=O) groups is 1. The SMILES string of the molecule is CC(C)C(=O)C1=C(O)c2ccccc2S(=O)(=O)N1. The van der Waals surface area contributed by atoms with Gasteiger partial charge in [0.25, 0.3) is 10.0 Å². The highest BCUT2D eigenvalue weighted by Gasteiger charge is 2.32. The number of hydrogen-bond donors (Lipinski definition) is 2. The van der Waals surface area contributed by atoms with Crippen LogP contribution in [-0.4, -0.2) is 19.3 Å². The Morgan fingerprint density at radius 2 is 1.89 bits per heavy atom. The normalized spacial score (nSPS) is 17.3. The molecule has 1 aromatic rings. The van der Waals surface area contributed by atoms with Gasteiger partial charge in [0, 0.05) is 11.5 Å². The molecule has 0 fully saturated rings. The van der Waals surface area contributed by atoms with Crippen LogP contribution in [0.15, 0.2) is 34.9 Å². The number of rotatable bonds is 2. The fraction of sp³-hybridized carbons (Fsp3) is 0.250. The van der Waals surface area contributed by atoms with Gasteiger partial charge in [0.2, 0.25) is 0 Å². The summed E-state index contributed by atoms with van der Waals surface area (Å²) in [6.45, 7) is 3.27. The summed E-state index contributed by atoms with van der Waals surface area (Å²) in [5.74, 6) is -1.17. The van der Waals surface area contributed by atoms with Crippen LogP contribution in [0.5, 0.6) is 0 Å². The number of Topliss-reactive ketones (excluding diaryl/α,β-unsaturated/α-hetero) is 1. The first kappa shape index (κ1) is 12.6. The molecule has 1 aromatic carbocycles. The molecular formula is C12H13NO4S. The number of aliphatic hydroxyl groups is 1. The number of hydrogen-bond acceptors (Lipinski definition) is 4. The third-order valence-corrected chi connectivity index (χ3v) is 4.08. The van der Waals surface area contributed by atoms with Crippen molar-refractivity contribution in [3.63, 3.8) is 0 Å². The van der Waals surface area contributed by atoms with Crippen molar-refractivity contribution in [3.8, 4) is 0 Å². The molecule has 6 heteroatoms. The Kier molecular flexibility index (Phi) is 2.90. The zero-order valence-corrected chi connectivity index (χ0v) is 10.8. The molecule has 18 heavy (non-hydrogen) atoms. The van der Waals surface area contributed by atoms with Crippen LogP contribution in [0.1, 0.15) is 19.4 Å². The van der Waals surface area contributed by atoms with Crippen LogP contribution >= 0.6 is 0 Å². The topological polar surface area (TPSA) is 83.5 Å². The van der Waals surface area contributed by atoms with E-state index in [1.165, 1.54) is 12.1 Å². The van der Waals surface area contributed by atoms with E-state index in [1.807, 2.05) is 0 Å². The Morgan fingerprint density at radius 3 is 2.50 bits per heavy atom. The number of nitrogens with one attached hydrogen (secondary N) is 1. The summed E-state index contributed by atoms with van der Waals surface area (Å²) in [6.07, 6.45) is 0. The minimum atomic E-state index is -3.79. The fourth-order valence-electron chi connectivity index (χ4n) is 1.72. The van der Waals surface area contributed by atoms with Crippen LogP contribution in [0, 0.1) is 5.92 Å². The van der Waals surface area contributed by atoms with Crippen LogP contribution in [0.3, 0.4) is 0 Å². The molecule has 2 N–H and O–H groups in total. The first-order valence-corrected chi connectivity index (χ1v) is 6.92. The van der Waals surface area contributed by atoms with Crippen LogP contribution in [0.2, 0.25) is 0 Å². The second-order valence-corrected chi connectivity index (χ2v) is 6.00. The summed E-state index contributed by atoms with van der Waals surface area (Å²) in [7, 11) is -3.79.